The molecule has 0 spiro atoms. The van der Waals surface area contributed by atoms with Crippen molar-refractivity contribution in [3.05, 3.63) is 88.1 Å². The molecule has 0 fully saturated rings. The Morgan fingerprint density at radius 1 is 0.929 bits per heavy atom. The molecule has 144 valence electrons. The maximum absolute atomic E-state index is 12.7. The Bertz CT molecular complexity index is 907. The normalized spacial score (nSPS) is 11.8. The van der Waals surface area contributed by atoms with Crippen LogP contribution in [0, 0.1) is 0 Å². The molecule has 0 unspecified atom stereocenters. The van der Waals surface area contributed by atoms with Crippen LogP contribution in [0.5, 0.6) is 0 Å². The highest BCUT2D eigenvalue weighted by molar-refractivity contribution is 7.12. The quantitative estimate of drug-likeness (QED) is 0.577. The van der Waals surface area contributed by atoms with E-state index in [1.807, 2.05) is 41.8 Å². The largest absolute Gasteiger partial charge is 0.340 e. The Hall–Kier alpha value is -2.96. The Morgan fingerprint density at radius 3 is 2.25 bits per heavy atom. The van der Waals surface area contributed by atoms with Crippen molar-refractivity contribution in [2.24, 2.45) is 0 Å². The highest BCUT2D eigenvalue weighted by Crippen LogP contribution is 2.16. The molecule has 2 amide bonds. The zero-order chi connectivity index (χ0) is 19.9. The number of quaternary nitrogens is 1. The van der Waals surface area contributed by atoms with Gasteiger partial charge in [-0.25, -0.2) is 0 Å². The van der Waals surface area contributed by atoms with Crippen molar-refractivity contribution < 1.29 is 14.5 Å². The van der Waals surface area contributed by atoms with Gasteiger partial charge in [-0.1, -0.05) is 36.4 Å². The number of hydrogen-bond acceptors (Lipinski definition) is 3. The molecule has 0 aliphatic rings. The lowest BCUT2D eigenvalue weighted by molar-refractivity contribution is -0.860. The average Bonchev–Trinajstić information content (AvgIpc) is 3.23. The van der Waals surface area contributed by atoms with Gasteiger partial charge in [0.15, 0.2) is 0 Å². The lowest BCUT2D eigenvalue weighted by atomic mass is 10.1. The summed E-state index contributed by atoms with van der Waals surface area (Å²) in [6, 6.07) is 20.5. The van der Waals surface area contributed by atoms with Crippen LogP contribution in [0.3, 0.4) is 0 Å². The van der Waals surface area contributed by atoms with Crippen LogP contribution in [0.4, 0.5) is 5.69 Å². The molecule has 0 radical (unpaired) electrons. The predicted octanol–water partition coefficient (Wildman–Crippen LogP) is 2.62. The number of amides is 2. The monoisotopic (exact) mass is 394 g/mol. The summed E-state index contributed by atoms with van der Waals surface area (Å²) in [4.78, 5) is 26.7. The maximum Gasteiger partial charge on any atom is 0.265 e. The van der Waals surface area contributed by atoms with Crippen molar-refractivity contribution in [2.75, 3.05) is 26.0 Å². The van der Waals surface area contributed by atoms with Crippen LogP contribution in [0.25, 0.3) is 0 Å². The third kappa shape index (κ3) is 5.28. The van der Waals surface area contributed by atoms with E-state index in [2.05, 4.69) is 24.7 Å². The molecule has 0 saturated heterocycles. The number of rotatable bonds is 7. The predicted molar refractivity (Wildman–Crippen MR) is 113 cm³/mol. The van der Waals surface area contributed by atoms with Crippen molar-refractivity contribution in [1.82, 2.24) is 5.32 Å². The maximum atomic E-state index is 12.7. The summed E-state index contributed by atoms with van der Waals surface area (Å²) < 4.78 is 0. The van der Waals surface area contributed by atoms with E-state index >= 15 is 0 Å². The van der Waals surface area contributed by atoms with Crippen LogP contribution in [-0.2, 0) is 0 Å². The van der Waals surface area contributed by atoms with Gasteiger partial charge >= 0.3 is 0 Å². The number of anilines is 1. The SMILES string of the molecule is C[NH+](C)C[C@H](NC(=O)c1ccc(NC(=O)c2cccs2)cc1)c1ccccc1. The summed E-state index contributed by atoms with van der Waals surface area (Å²) in [7, 11) is 4.13. The number of carbonyl (C=O) groups excluding carboxylic acids is 2. The fourth-order valence-corrected chi connectivity index (χ4v) is 3.51. The van der Waals surface area contributed by atoms with Gasteiger partial charge in [-0.3, -0.25) is 9.59 Å². The minimum atomic E-state index is -0.148. The second kappa shape index (κ2) is 9.30. The van der Waals surface area contributed by atoms with E-state index in [0.717, 1.165) is 12.1 Å². The highest BCUT2D eigenvalue weighted by atomic mass is 32.1. The van der Waals surface area contributed by atoms with Crippen molar-refractivity contribution in [2.45, 2.75) is 6.04 Å². The average molecular weight is 395 g/mol. The molecule has 1 heterocycles. The summed E-state index contributed by atoms with van der Waals surface area (Å²) in [5, 5.41) is 7.82. The van der Waals surface area contributed by atoms with E-state index < -0.39 is 0 Å². The molecule has 5 nitrogen and oxygen atoms in total. The molecule has 0 aliphatic carbocycles. The van der Waals surface area contributed by atoms with E-state index in [1.165, 1.54) is 16.2 Å². The molecule has 0 aliphatic heterocycles. The second-order valence-corrected chi connectivity index (χ2v) is 7.80. The standard InChI is InChI=1S/C22H23N3O2S/c1-25(2)15-19(16-7-4-3-5-8-16)24-21(26)17-10-12-18(13-11-17)23-22(27)20-9-6-14-28-20/h3-14,19H,15H2,1-2H3,(H,23,27)(H,24,26)/p+1/t19-/m0/s1. The van der Waals surface area contributed by atoms with E-state index in [4.69, 9.17) is 0 Å². The molecule has 1 atom stereocenters. The number of thiophene rings is 1. The Morgan fingerprint density at radius 2 is 1.64 bits per heavy atom. The summed E-state index contributed by atoms with van der Waals surface area (Å²) in [6.45, 7) is 0.782. The number of likely N-dealkylation sites (N-methyl/N-ethyl adjacent to an activating group) is 1. The van der Waals surface area contributed by atoms with Crippen molar-refractivity contribution >= 4 is 28.8 Å². The van der Waals surface area contributed by atoms with E-state index in [9.17, 15) is 9.59 Å². The van der Waals surface area contributed by atoms with Crippen LogP contribution in [0.1, 0.15) is 31.6 Å². The van der Waals surface area contributed by atoms with Crippen LogP contribution < -0.4 is 15.5 Å². The fraction of sp³-hybridized carbons (Fsp3) is 0.182. The van der Waals surface area contributed by atoms with Gasteiger partial charge in [0.05, 0.1) is 19.0 Å². The molecular formula is C22H24N3O2S+. The Labute approximate surface area is 169 Å². The van der Waals surface area contributed by atoms with Gasteiger partial charge in [0, 0.05) is 11.3 Å². The third-order valence-corrected chi connectivity index (χ3v) is 5.14. The Balaban J connectivity index is 1.66. The number of benzene rings is 2. The van der Waals surface area contributed by atoms with Crippen molar-refractivity contribution in [3.63, 3.8) is 0 Å². The molecule has 6 heteroatoms. The topological polar surface area (TPSA) is 62.6 Å². The molecule has 3 N–H and O–H groups in total. The molecule has 0 bridgehead atoms. The van der Waals surface area contributed by atoms with Gasteiger partial charge in [0.25, 0.3) is 11.8 Å². The van der Waals surface area contributed by atoms with Gasteiger partial charge in [0.2, 0.25) is 0 Å². The first kappa shape index (κ1) is 19.8. The van der Waals surface area contributed by atoms with E-state index in [0.29, 0.717) is 16.1 Å². The smallest absolute Gasteiger partial charge is 0.265 e. The van der Waals surface area contributed by atoms with Gasteiger partial charge in [0.1, 0.15) is 12.6 Å². The summed E-state index contributed by atoms with van der Waals surface area (Å²) in [5.41, 5.74) is 2.30. The minimum absolute atomic E-state index is 0.0723. The first-order valence-electron chi connectivity index (χ1n) is 9.12. The zero-order valence-electron chi connectivity index (χ0n) is 15.9. The lowest BCUT2D eigenvalue weighted by Gasteiger charge is -2.21. The molecule has 3 aromatic rings. The molecule has 28 heavy (non-hydrogen) atoms. The van der Waals surface area contributed by atoms with Crippen molar-refractivity contribution in [1.29, 1.82) is 0 Å². The fourth-order valence-electron chi connectivity index (χ4n) is 2.89. The van der Waals surface area contributed by atoms with E-state index in [-0.39, 0.29) is 17.9 Å². The van der Waals surface area contributed by atoms with Crippen LogP contribution in [0.15, 0.2) is 72.1 Å². The highest BCUT2D eigenvalue weighted by Gasteiger charge is 2.18. The second-order valence-electron chi connectivity index (χ2n) is 6.86. The molecule has 1 aromatic heterocycles. The third-order valence-electron chi connectivity index (χ3n) is 4.27. The lowest BCUT2D eigenvalue weighted by Crippen LogP contribution is -3.06. The Kier molecular flexibility index (Phi) is 6.57. The van der Waals surface area contributed by atoms with Crippen molar-refractivity contribution in [3.8, 4) is 0 Å². The number of nitrogens with one attached hydrogen (secondary N) is 3. The number of hydrogen-bond donors (Lipinski definition) is 3. The molecule has 0 saturated carbocycles. The number of carbonyl (C=O) groups is 2. The molecular weight excluding hydrogens is 370 g/mol. The van der Waals surface area contributed by atoms with E-state index in [1.54, 1.807) is 30.3 Å². The summed E-state index contributed by atoms with van der Waals surface area (Å²) in [5.74, 6) is -0.281. The molecule has 3 rings (SSSR count). The van der Waals surface area contributed by atoms with Crippen LogP contribution in [-0.4, -0.2) is 32.5 Å². The first-order valence-corrected chi connectivity index (χ1v) is 10.0. The summed E-state index contributed by atoms with van der Waals surface area (Å²) in [6.07, 6.45) is 0. The van der Waals surface area contributed by atoms with Crippen LogP contribution >= 0.6 is 11.3 Å². The molecule has 2 aromatic carbocycles. The van der Waals surface area contributed by atoms with Gasteiger partial charge < -0.3 is 15.5 Å². The van der Waals surface area contributed by atoms with Gasteiger partial charge in [-0.15, -0.1) is 11.3 Å². The minimum Gasteiger partial charge on any atom is -0.340 e. The first-order chi connectivity index (χ1) is 13.5. The van der Waals surface area contributed by atoms with Gasteiger partial charge in [-0.2, -0.15) is 0 Å². The van der Waals surface area contributed by atoms with Crippen LogP contribution in [0.2, 0.25) is 0 Å². The van der Waals surface area contributed by atoms with Gasteiger partial charge in [-0.05, 0) is 41.3 Å². The summed E-state index contributed by atoms with van der Waals surface area (Å²) >= 11 is 1.39. The zero-order valence-corrected chi connectivity index (χ0v) is 16.8.